The van der Waals surface area contributed by atoms with Gasteiger partial charge < -0.3 is 15.0 Å². The van der Waals surface area contributed by atoms with Gasteiger partial charge in [-0.3, -0.25) is 4.79 Å². The zero-order valence-corrected chi connectivity index (χ0v) is 17.1. The van der Waals surface area contributed by atoms with Gasteiger partial charge in [0.15, 0.2) is 0 Å². The third-order valence-corrected chi connectivity index (χ3v) is 6.03. The first kappa shape index (κ1) is 19.2. The van der Waals surface area contributed by atoms with Crippen LogP contribution in [0.25, 0.3) is 11.4 Å². The Labute approximate surface area is 170 Å². The number of hydrogen-bond donors (Lipinski definition) is 2. The number of anilines is 1. The van der Waals surface area contributed by atoms with Gasteiger partial charge in [-0.2, -0.15) is 0 Å². The molecule has 0 bridgehead atoms. The fourth-order valence-corrected chi connectivity index (χ4v) is 3.91. The lowest BCUT2D eigenvalue weighted by atomic mass is 9.64. The number of nitrogens with one attached hydrogen (secondary N) is 2. The van der Waals surface area contributed by atoms with Gasteiger partial charge >= 0.3 is 0 Å². The van der Waals surface area contributed by atoms with Gasteiger partial charge in [0.2, 0.25) is 0 Å². The predicted octanol–water partition coefficient (Wildman–Crippen LogP) is 3.99. The molecule has 6 nitrogen and oxygen atoms in total. The average molecular weight is 390 g/mol. The van der Waals surface area contributed by atoms with E-state index in [9.17, 15) is 4.79 Å². The molecule has 1 saturated carbocycles. The first-order chi connectivity index (χ1) is 14.0. The number of H-pyrrole nitrogens is 1. The fraction of sp³-hybridized carbons (Fsp3) is 0.348. The van der Waals surface area contributed by atoms with E-state index in [0.29, 0.717) is 11.4 Å². The molecule has 0 unspecified atom stereocenters. The number of aromatic amines is 1. The van der Waals surface area contributed by atoms with Crippen LogP contribution in [0.4, 0.5) is 5.82 Å². The number of rotatable bonds is 6. The van der Waals surface area contributed by atoms with E-state index in [-0.39, 0.29) is 11.0 Å². The maximum atomic E-state index is 12.0. The van der Waals surface area contributed by atoms with E-state index in [4.69, 9.17) is 4.74 Å². The van der Waals surface area contributed by atoms with Crippen LogP contribution in [-0.2, 0) is 5.41 Å². The van der Waals surface area contributed by atoms with Gasteiger partial charge in [0.05, 0.1) is 7.11 Å². The number of aryl methyl sites for hydroxylation is 1. The third-order valence-electron chi connectivity index (χ3n) is 6.03. The van der Waals surface area contributed by atoms with Crippen LogP contribution in [0.1, 0.15) is 36.1 Å². The summed E-state index contributed by atoms with van der Waals surface area (Å²) in [6, 6.07) is 12.1. The number of benzene rings is 1. The summed E-state index contributed by atoms with van der Waals surface area (Å²) in [5, 5.41) is 3.49. The highest BCUT2D eigenvalue weighted by Crippen LogP contribution is 2.47. The molecular formula is C23H26N4O2. The maximum absolute atomic E-state index is 12.0. The second-order valence-electron chi connectivity index (χ2n) is 7.74. The van der Waals surface area contributed by atoms with Gasteiger partial charge in [-0.25, -0.2) is 9.97 Å². The third kappa shape index (κ3) is 3.62. The van der Waals surface area contributed by atoms with E-state index in [1.54, 1.807) is 20.2 Å². The molecule has 2 heterocycles. The second-order valence-corrected chi connectivity index (χ2v) is 7.74. The smallest absolute Gasteiger partial charge is 0.254 e. The zero-order valence-electron chi connectivity index (χ0n) is 17.1. The van der Waals surface area contributed by atoms with Crippen molar-refractivity contribution in [2.75, 3.05) is 19.0 Å². The Kier molecular flexibility index (Phi) is 5.09. The van der Waals surface area contributed by atoms with E-state index >= 15 is 0 Å². The summed E-state index contributed by atoms with van der Waals surface area (Å²) in [7, 11) is 1.73. The van der Waals surface area contributed by atoms with E-state index in [1.165, 1.54) is 12.0 Å². The predicted molar refractivity (Wildman–Crippen MR) is 115 cm³/mol. The Morgan fingerprint density at radius 3 is 2.59 bits per heavy atom. The molecule has 0 aliphatic heterocycles. The Morgan fingerprint density at radius 2 is 1.97 bits per heavy atom. The Balaban J connectivity index is 1.51. The van der Waals surface area contributed by atoms with Crippen LogP contribution >= 0.6 is 0 Å². The van der Waals surface area contributed by atoms with E-state index in [2.05, 4.69) is 32.4 Å². The van der Waals surface area contributed by atoms with E-state index < -0.39 is 0 Å². The minimum atomic E-state index is -0.113. The summed E-state index contributed by atoms with van der Waals surface area (Å²) >= 11 is 0. The van der Waals surface area contributed by atoms with Crippen LogP contribution in [0.2, 0.25) is 0 Å². The van der Waals surface area contributed by atoms with Crippen molar-refractivity contribution in [2.45, 2.75) is 38.5 Å². The molecule has 1 aromatic carbocycles. The van der Waals surface area contributed by atoms with Gasteiger partial charge in [0, 0.05) is 40.5 Å². The molecule has 2 aromatic heterocycles. The molecule has 1 aliphatic carbocycles. The van der Waals surface area contributed by atoms with Crippen LogP contribution < -0.4 is 15.6 Å². The highest BCUT2D eigenvalue weighted by molar-refractivity contribution is 5.56. The van der Waals surface area contributed by atoms with Crippen molar-refractivity contribution in [1.29, 1.82) is 0 Å². The zero-order chi connectivity index (χ0) is 20.4. The summed E-state index contributed by atoms with van der Waals surface area (Å²) in [5.74, 6) is 2.30. The summed E-state index contributed by atoms with van der Waals surface area (Å²) in [6.45, 7) is 4.42. The van der Waals surface area contributed by atoms with Gasteiger partial charge in [-0.1, -0.05) is 24.6 Å². The number of nitrogens with zero attached hydrogens (tertiary/aromatic N) is 2. The van der Waals surface area contributed by atoms with Crippen molar-refractivity contribution < 1.29 is 4.74 Å². The standard InChI is InChI=1S/C23H26N4O2/c1-15-16(2)26-21(27-22(15)28)17-9-10-20(24-13-17)25-14-23(11-6-12-23)18-7-4-5-8-19(18)29-3/h4-5,7-10,13H,6,11-12,14H2,1-3H3,(H,24,25)(H,26,27,28). The molecule has 4 rings (SSSR count). The van der Waals surface area contributed by atoms with Crippen molar-refractivity contribution in [1.82, 2.24) is 15.0 Å². The number of hydrogen-bond acceptors (Lipinski definition) is 5. The van der Waals surface area contributed by atoms with Crippen molar-refractivity contribution in [2.24, 2.45) is 0 Å². The number of ether oxygens (including phenoxy) is 1. The molecule has 0 atom stereocenters. The maximum Gasteiger partial charge on any atom is 0.254 e. The average Bonchev–Trinajstić information content (AvgIpc) is 2.71. The van der Waals surface area contributed by atoms with Crippen LogP contribution in [-0.4, -0.2) is 28.6 Å². The molecule has 0 saturated heterocycles. The molecule has 0 spiro atoms. The minimum Gasteiger partial charge on any atom is -0.496 e. The van der Waals surface area contributed by atoms with E-state index in [1.807, 2.05) is 31.2 Å². The van der Waals surface area contributed by atoms with Gasteiger partial charge in [0.25, 0.3) is 5.56 Å². The van der Waals surface area contributed by atoms with Gasteiger partial charge in [0.1, 0.15) is 17.4 Å². The summed E-state index contributed by atoms with van der Waals surface area (Å²) in [6.07, 6.45) is 5.22. The highest BCUT2D eigenvalue weighted by atomic mass is 16.5. The summed E-state index contributed by atoms with van der Waals surface area (Å²) in [4.78, 5) is 23.8. The van der Waals surface area contributed by atoms with Crippen molar-refractivity contribution >= 4 is 5.82 Å². The number of para-hydroxylation sites is 1. The van der Waals surface area contributed by atoms with Gasteiger partial charge in [-0.15, -0.1) is 0 Å². The lowest BCUT2D eigenvalue weighted by molar-refractivity contribution is 0.250. The van der Waals surface area contributed by atoms with Crippen molar-refractivity contribution in [3.63, 3.8) is 0 Å². The largest absolute Gasteiger partial charge is 0.496 e. The fourth-order valence-electron chi connectivity index (χ4n) is 3.91. The molecule has 1 fully saturated rings. The molecule has 2 N–H and O–H groups in total. The van der Waals surface area contributed by atoms with Gasteiger partial charge in [-0.05, 0) is 44.9 Å². The van der Waals surface area contributed by atoms with Crippen molar-refractivity contribution in [3.8, 4) is 17.1 Å². The van der Waals surface area contributed by atoms with Crippen LogP contribution in [0, 0.1) is 13.8 Å². The van der Waals surface area contributed by atoms with Crippen LogP contribution in [0.5, 0.6) is 5.75 Å². The number of aromatic nitrogens is 3. The lowest BCUT2D eigenvalue weighted by Gasteiger charge is -2.43. The monoisotopic (exact) mass is 390 g/mol. The highest BCUT2D eigenvalue weighted by Gasteiger charge is 2.40. The topological polar surface area (TPSA) is 79.9 Å². The molecule has 3 aromatic rings. The second kappa shape index (κ2) is 7.70. The molecule has 1 aliphatic rings. The van der Waals surface area contributed by atoms with E-state index in [0.717, 1.165) is 42.2 Å². The molecule has 0 amide bonds. The number of methoxy groups -OCH3 is 1. The molecule has 0 radical (unpaired) electrons. The van der Waals surface area contributed by atoms with Crippen molar-refractivity contribution in [3.05, 3.63) is 69.8 Å². The number of pyridine rings is 1. The minimum absolute atomic E-state index is 0.0772. The Bertz CT molecular complexity index is 1070. The summed E-state index contributed by atoms with van der Waals surface area (Å²) in [5.41, 5.74) is 3.39. The Morgan fingerprint density at radius 1 is 1.17 bits per heavy atom. The Hall–Kier alpha value is -3.15. The SMILES string of the molecule is COc1ccccc1C1(CNc2ccc(-c3nc(C)c(C)c(=O)[nH]3)cn2)CCC1. The van der Waals surface area contributed by atoms with Crippen LogP contribution in [0.3, 0.4) is 0 Å². The summed E-state index contributed by atoms with van der Waals surface area (Å²) < 4.78 is 5.59. The lowest BCUT2D eigenvalue weighted by Crippen LogP contribution is -2.41. The van der Waals surface area contributed by atoms with Crippen LogP contribution in [0.15, 0.2) is 47.4 Å². The molecular weight excluding hydrogens is 364 g/mol. The molecule has 29 heavy (non-hydrogen) atoms. The first-order valence-corrected chi connectivity index (χ1v) is 9.94. The molecule has 150 valence electrons. The first-order valence-electron chi connectivity index (χ1n) is 9.94. The quantitative estimate of drug-likeness (QED) is 0.665. The normalized spacial score (nSPS) is 14.9. The molecule has 6 heteroatoms.